The fourth-order valence-electron chi connectivity index (χ4n) is 1.86. The number of nitrogens with zero attached hydrogens (tertiary/aromatic N) is 3. The van der Waals surface area contributed by atoms with Crippen molar-refractivity contribution in [3.8, 4) is 11.4 Å². The Bertz CT molecular complexity index is 836. The Labute approximate surface area is 140 Å². The van der Waals surface area contributed by atoms with Crippen LogP contribution < -0.4 is 0 Å². The monoisotopic (exact) mass is 347 g/mol. The standard InChI is InChI=1S/C15H10ClN3O3S/c16-11-2-1-3-13(8-11)23-9-14-17-15(18-22-14)10-4-6-12(7-5-10)19(20)21/h1-8H,9H2. The molecule has 0 saturated carbocycles. The molecule has 2 aromatic carbocycles. The average molecular weight is 348 g/mol. The van der Waals surface area contributed by atoms with Gasteiger partial charge in [0, 0.05) is 27.6 Å². The molecule has 6 nitrogen and oxygen atoms in total. The van der Waals surface area contributed by atoms with Crippen LogP contribution in [0.25, 0.3) is 11.4 Å². The van der Waals surface area contributed by atoms with Gasteiger partial charge in [-0.3, -0.25) is 10.1 Å². The number of hydrogen-bond acceptors (Lipinski definition) is 6. The van der Waals surface area contributed by atoms with Gasteiger partial charge in [-0.15, -0.1) is 11.8 Å². The number of benzene rings is 2. The maximum Gasteiger partial charge on any atom is 0.269 e. The maximum absolute atomic E-state index is 10.6. The highest BCUT2D eigenvalue weighted by Crippen LogP contribution is 2.26. The van der Waals surface area contributed by atoms with Crippen molar-refractivity contribution in [1.29, 1.82) is 0 Å². The highest BCUT2D eigenvalue weighted by Gasteiger charge is 2.11. The first-order valence-electron chi connectivity index (χ1n) is 6.57. The highest BCUT2D eigenvalue weighted by atomic mass is 35.5. The van der Waals surface area contributed by atoms with Crippen molar-refractivity contribution in [3.63, 3.8) is 0 Å². The number of thioether (sulfide) groups is 1. The van der Waals surface area contributed by atoms with E-state index in [9.17, 15) is 10.1 Å². The summed E-state index contributed by atoms with van der Waals surface area (Å²) in [4.78, 5) is 15.5. The molecule has 23 heavy (non-hydrogen) atoms. The molecule has 0 aliphatic heterocycles. The van der Waals surface area contributed by atoms with Crippen molar-refractivity contribution < 1.29 is 9.45 Å². The zero-order valence-corrected chi connectivity index (χ0v) is 13.3. The summed E-state index contributed by atoms with van der Waals surface area (Å²) in [5.74, 6) is 1.39. The lowest BCUT2D eigenvalue weighted by Crippen LogP contribution is -1.88. The Morgan fingerprint density at radius 2 is 2.00 bits per heavy atom. The number of aromatic nitrogens is 2. The van der Waals surface area contributed by atoms with Crippen LogP contribution in [0.2, 0.25) is 5.02 Å². The Balaban J connectivity index is 1.69. The van der Waals surface area contributed by atoms with Gasteiger partial charge < -0.3 is 4.52 Å². The molecule has 116 valence electrons. The third-order valence-corrected chi connectivity index (χ3v) is 4.18. The first kappa shape index (κ1) is 15.5. The topological polar surface area (TPSA) is 82.1 Å². The largest absolute Gasteiger partial charge is 0.338 e. The van der Waals surface area contributed by atoms with Gasteiger partial charge in [-0.05, 0) is 30.3 Å². The number of hydrogen-bond donors (Lipinski definition) is 0. The Hall–Kier alpha value is -2.38. The summed E-state index contributed by atoms with van der Waals surface area (Å²) >= 11 is 7.47. The quantitative estimate of drug-likeness (QED) is 0.381. The lowest BCUT2D eigenvalue weighted by atomic mass is 10.2. The molecule has 0 N–H and O–H groups in total. The zero-order valence-electron chi connectivity index (χ0n) is 11.7. The minimum Gasteiger partial charge on any atom is -0.338 e. The summed E-state index contributed by atoms with van der Waals surface area (Å²) < 4.78 is 5.20. The van der Waals surface area contributed by atoms with E-state index in [2.05, 4.69) is 10.1 Å². The number of nitro benzene ring substituents is 1. The molecule has 1 aromatic heterocycles. The normalized spacial score (nSPS) is 10.7. The van der Waals surface area contributed by atoms with Crippen LogP contribution in [0, 0.1) is 10.1 Å². The molecule has 0 atom stereocenters. The summed E-state index contributed by atoms with van der Waals surface area (Å²) in [7, 11) is 0. The second-order valence-electron chi connectivity index (χ2n) is 4.56. The van der Waals surface area contributed by atoms with Crippen LogP contribution >= 0.6 is 23.4 Å². The molecule has 0 fully saturated rings. The summed E-state index contributed by atoms with van der Waals surface area (Å²) in [5, 5.41) is 15.2. The van der Waals surface area contributed by atoms with Crippen molar-refractivity contribution in [2.45, 2.75) is 10.6 Å². The lowest BCUT2D eigenvalue weighted by molar-refractivity contribution is -0.384. The van der Waals surface area contributed by atoms with E-state index in [1.165, 1.54) is 23.9 Å². The fraction of sp³-hybridized carbons (Fsp3) is 0.0667. The van der Waals surface area contributed by atoms with Crippen molar-refractivity contribution in [3.05, 3.63) is 69.6 Å². The van der Waals surface area contributed by atoms with E-state index in [4.69, 9.17) is 16.1 Å². The van der Waals surface area contributed by atoms with Gasteiger partial charge in [0.1, 0.15) is 0 Å². The van der Waals surface area contributed by atoms with Gasteiger partial charge in [-0.2, -0.15) is 4.98 Å². The summed E-state index contributed by atoms with van der Waals surface area (Å²) in [6, 6.07) is 13.5. The molecule has 0 amide bonds. The molecular weight excluding hydrogens is 338 g/mol. The smallest absolute Gasteiger partial charge is 0.269 e. The first-order valence-corrected chi connectivity index (χ1v) is 7.94. The molecule has 0 unspecified atom stereocenters. The molecule has 0 aliphatic carbocycles. The van der Waals surface area contributed by atoms with Gasteiger partial charge >= 0.3 is 0 Å². The van der Waals surface area contributed by atoms with Crippen LogP contribution in [-0.4, -0.2) is 15.1 Å². The summed E-state index contributed by atoms with van der Waals surface area (Å²) in [5.41, 5.74) is 0.687. The molecule has 1 heterocycles. The first-order chi connectivity index (χ1) is 11.1. The van der Waals surface area contributed by atoms with Crippen LogP contribution in [-0.2, 0) is 5.75 Å². The van der Waals surface area contributed by atoms with Crippen LogP contribution in [0.1, 0.15) is 5.89 Å². The van der Waals surface area contributed by atoms with Crippen LogP contribution in [0.3, 0.4) is 0 Å². The lowest BCUT2D eigenvalue weighted by Gasteiger charge is -1.98. The molecule has 8 heteroatoms. The molecular formula is C15H10ClN3O3S. The van der Waals surface area contributed by atoms with Gasteiger partial charge in [0.15, 0.2) is 0 Å². The van der Waals surface area contributed by atoms with Gasteiger partial charge in [-0.1, -0.05) is 22.8 Å². The second-order valence-corrected chi connectivity index (χ2v) is 6.05. The Kier molecular flexibility index (Phi) is 4.59. The zero-order chi connectivity index (χ0) is 16.2. The van der Waals surface area contributed by atoms with Crippen molar-refractivity contribution >= 4 is 29.1 Å². The minimum atomic E-state index is -0.451. The molecule has 0 radical (unpaired) electrons. The van der Waals surface area contributed by atoms with E-state index in [1.54, 1.807) is 12.1 Å². The number of non-ortho nitro benzene ring substituents is 1. The van der Waals surface area contributed by atoms with Gasteiger partial charge in [0.05, 0.1) is 10.7 Å². The van der Waals surface area contributed by atoms with E-state index >= 15 is 0 Å². The number of halogens is 1. The predicted octanol–water partition coefficient (Wildman–Crippen LogP) is 4.59. The number of rotatable bonds is 5. The van der Waals surface area contributed by atoms with E-state index in [0.717, 1.165) is 4.90 Å². The van der Waals surface area contributed by atoms with Crippen molar-refractivity contribution in [2.24, 2.45) is 0 Å². The van der Waals surface area contributed by atoms with Gasteiger partial charge in [0.25, 0.3) is 5.69 Å². The van der Waals surface area contributed by atoms with Crippen LogP contribution in [0.4, 0.5) is 5.69 Å². The van der Waals surface area contributed by atoms with E-state index in [0.29, 0.717) is 28.1 Å². The van der Waals surface area contributed by atoms with Gasteiger partial charge in [-0.25, -0.2) is 0 Å². The third kappa shape index (κ3) is 3.88. The number of nitro groups is 1. The van der Waals surface area contributed by atoms with Crippen LogP contribution in [0.15, 0.2) is 57.9 Å². The molecule has 0 bridgehead atoms. The molecule has 3 aromatic rings. The summed E-state index contributed by atoms with van der Waals surface area (Å²) in [6.45, 7) is 0. The Morgan fingerprint density at radius 3 is 2.70 bits per heavy atom. The summed E-state index contributed by atoms with van der Waals surface area (Å²) in [6.07, 6.45) is 0. The van der Waals surface area contributed by atoms with E-state index in [-0.39, 0.29) is 5.69 Å². The predicted molar refractivity (Wildman–Crippen MR) is 87.4 cm³/mol. The van der Waals surface area contributed by atoms with E-state index in [1.807, 2.05) is 24.3 Å². The Morgan fingerprint density at radius 1 is 1.22 bits per heavy atom. The van der Waals surface area contributed by atoms with E-state index < -0.39 is 4.92 Å². The molecule has 0 saturated heterocycles. The van der Waals surface area contributed by atoms with Gasteiger partial charge in [0.2, 0.25) is 11.7 Å². The SMILES string of the molecule is O=[N+]([O-])c1ccc(-c2noc(CSc3cccc(Cl)c3)n2)cc1. The van der Waals surface area contributed by atoms with Crippen LogP contribution in [0.5, 0.6) is 0 Å². The third-order valence-electron chi connectivity index (χ3n) is 2.96. The average Bonchev–Trinajstić information content (AvgIpc) is 3.02. The van der Waals surface area contributed by atoms with Crippen molar-refractivity contribution in [1.82, 2.24) is 10.1 Å². The molecule has 3 rings (SSSR count). The second kappa shape index (κ2) is 6.80. The minimum absolute atomic E-state index is 0.0222. The van der Waals surface area contributed by atoms with Crippen molar-refractivity contribution in [2.75, 3.05) is 0 Å². The maximum atomic E-state index is 10.6. The molecule has 0 spiro atoms. The molecule has 0 aliphatic rings. The highest BCUT2D eigenvalue weighted by molar-refractivity contribution is 7.98. The fourth-order valence-corrected chi connectivity index (χ4v) is 2.91.